The van der Waals surface area contributed by atoms with Crippen molar-refractivity contribution in [2.75, 3.05) is 0 Å². The Kier molecular flexibility index (Phi) is 10.4. The minimum absolute atomic E-state index is 0. The van der Waals surface area contributed by atoms with Crippen LogP contribution < -0.4 is 59.1 Å². The fourth-order valence-corrected chi connectivity index (χ4v) is 1.30. The van der Waals surface area contributed by atoms with Crippen LogP contribution in [0, 0.1) is 0 Å². The van der Waals surface area contributed by atoms with Crippen molar-refractivity contribution in [3.8, 4) is 0 Å². The summed E-state index contributed by atoms with van der Waals surface area (Å²) in [7, 11) is 0. The molecule has 0 aliphatic heterocycles. The maximum atomic E-state index is 5.66. The van der Waals surface area contributed by atoms with Gasteiger partial charge in [0.25, 0.3) is 0 Å². The summed E-state index contributed by atoms with van der Waals surface area (Å²) in [5.41, 5.74) is 0. The second kappa shape index (κ2) is 7.52. The molecule has 0 saturated heterocycles. The third-order valence-electron chi connectivity index (χ3n) is 1.02. The van der Waals surface area contributed by atoms with Gasteiger partial charge in [0.1, 0.15) is 0 Å². The molecule has 0 amide bonds. The van der Waals surface area contributed by atoms with Gasteiger partial charge in [0.05, 0.1) is 0 Å². The van der Waals surface area contributed by atoms with Gasteiger partial charge in [-0.1, -0.05) is 23.2 Å². The summed E-state index contributed by atoms with van der Waals surface area (Å²) in [6, 6.07) is 3.28. The molecule has 54 valence electrons. The number of halogens is 2. The zero-order valence-electron chi connectivity index (χ0n) is 6.73. The molecule has 0 unspecified atom stereocenters. The Morgan fingerprint density at radius 1 is 0.833 bits per heavy atom. The molecule has 0 radical (unpaired) electrons. The first-order chi connectivity index (χ1) is 4.63. The van der Waals surface area contributed by atoms with Crippen LogP contribution in [0.2, 0.25) is 10.0 Å². The van der Waals surface area contributed by atoms with Gasteiger partial charge in [-0.15, -0.1) is 0 Å². The third-order valence-corrected chi connectivity index (χ3v) is 2.85. The quantitative estimate of drug-likeness (QED) is 0.354. The Balaban J connectivity index is 0. The van der Waals surface area contributed by atoms with Crippen LogP contribution in [0.3, 0.4) is 0 Å². The Bertz CT molecular complexity index is 241. The van der Waals surface area contributed by atoms with E-state index < -0.39 is 0 Å². The van der Waals surface area contributed by atoms with Crippen LogP contribution in [0.4, 0.5) is 0 Å². The van der Waals surface area contributed by atoms with Gasteiger partial charge in [-0.25, -0.2) is 0 Å². The van der Waals surface area contributed by atoms with Crippen LogP contribution in [0.1, 0.15) is 0 Å². The van der Waals surface area contributed by atoms with Gasteiger partial charge in [0.2, 0.25) is 0 Å². The van der Waals surface area contributed by atoms with Gasteiger partial charge in [0, 0.05) is 10.0 Å². The Morgan fingerprint density at radius 3 is 1.33 bits per heavy atom. The molecule has 0 saturated carbocycles. The standard InChI is InChI=1S/C6H4Cl2S2.2Na/c7-3-1-2-4(8)6(10)5(3)9;;/h1-2,9-10H;;/q;2*+1/p-2. The molecule has 0 spiro atoms. The zero-order valence-corrected chi connectivity index (χ0v) is 13.9. The number of rotatable bonds is 0. The Hall–Kier alpha value is 2.24. The molecular weight excluding hydrogens is 253 g/mol. The maximum Gasteiger partial charge on any atom is 1.00 e. The summed E-state index contributed by atoms with van der Waals surface area (Å²) in [5, 5.41) is 0.980. The maximum absolute atomic E-state index is 5.66. The van der Waals surface area contributed by atoms with Crippen LogP contribution in [-0.2, 0) is 25.3 Å². The van der Waals surface area contributed by atoms with E-state index in [4.69, 9.17) is 48.5 Å². The molecule has 0 aliphatic rings. The molecule has 0 atom stereocenters. The molecule has 1 aromatic rings. The smallest absolute Gasteiger partial charge is 0.780 e. The van der Waals surface area contributed by atoms with Gasteiger partial charge >= 0.3 is 59.1 Å². The van der Waals surface area contributed by atoms with Gasteiger partial charge in [-0.05, 0) is 12.1 Å². The molecule has 0 N–H and O–H groups in total. The molecule has 6 heteroatoms. The van der Waals surface area contributed by atoms with Crippen LogP contribution in [0.25, 0.3) is 0 Å². The first-order valence-electron chi connectivity index (χ1n) is 2.45. The molecule has 0 fully saturated rings. The molecule has 0 nitrogen and oxygen atoms in total. The average Bonchev–Trinajstić information content (AvgIpc) is 1.93. The predicted octanol–water partition coefficient (Wildman–Crippen LogP) is -3.19. The van der Waals surface area contributed by atoms with E-state index in [1.165, 1.54) is 0 Å². The summed E-state index contributed by atoms with van der Waals surface area (Å²) in [4.78, 5) is 0.924. The first-order valence-corrected chi connectivity index (χ1v) is 4.02. The van der Waals surface area contributed by atoms with Gasteiger partial charge in [-0.2, -0.15) is 9.79 Å². The van der Waals surface area contributed by atoms with Crippen molar-refractivity contribution in [1.82, 2.24) is 0 Å². The summed E-state index contributed by atoms with van der Waals surface area (Å²) in [5.74, 6) is 0. The molecule has 0 aromatic heterocycles. The topological polar surface area (TPSA) is 0 Å². The van der Waals surface area contributed by atoms with Crippen molar-refractivity contribution in [1.29, 1.82) is 0 Å². The van der Waals surface area contributed by atoms with Crippen LogP contribution in [0.5, 0.6) is 0 Å². The van der Waals surface area contributed by atoms with E-state index in [2.05, 4.69) is 0 Å². The Labute approximate surface area is 137 Å². The van der Waals surface area contributed by atoms with E-state index in [0.29, 0.717) is 19.8 Å². The molecule has 0 bridgehead atoms. The minimum atomic E-state index is 0. The number of hydrogen-bond donors (Lipinski definition) is 0. The van der Waals surface area contributed by atoms with Crippen molar-refractivity contribution >= 4 is 48.5 Å². The summed E-state index contributed by atoms with van der Waals surface area (Å²) in [6.45, 7) is 0. The zero-order chi connectivity index (χ0) is 7.72. The van der Waals surface area contributed by atoms with Crippen LogP contribution >= 0.6 is 23.2 Å². The monoisotopic (exact) mass is 254 g/mol. The predicted molar refractivity (Wildman–Crippen MR) is 47.7 cm³/mol. The summed E-state index contributed by atoms with van der Waals surface area (Å²) < 4.78 is 0. The third kappa shape index (κ3) is 4.18. The minimum Gasteiger partial charge on any atom is -0.780 e. The average molecular weight is 255 g/mol. The fourth-order valence-electron chi connectivity index (χ4n) is 0.515. The van der Waals surface area contributed by atoms with Gasteiger partial charge in [0.15, 0.2) is 0 Å². The number of hydrogen-bond acceptors (Lipinski definition) is 2. The SMILES string of the molecule is [Na+].[Na+].[S-]c1c(Cl)ccc(Cl)c1[S-]. The largest absolute Gasteiger partial charge is 1.00 e. The molecule has 0 aliphatic carbocycles. The second-order valence-electron chi connectivity index (χ2n) is 1.69. The van der Waals surface area contributed by atoms with Gasteiger partial charge < -0.3 is 25.3 Å². The molecule has 1 aromatic carbocycles. The molecule has 1 rings (SSSR count). The van der Waals surface area contributed by atoms with Crippen molar-refractivity contribution in [2.24, 2.45) is 0 Å². The van der Waals surface area contributed by atoms with Crippen molar-refractivity contribution in [3.05, 3.63) is 22.2 Å². The van der Waals surface area contributed by atoms with E-state index >= 15 is 0 Å². The van der Waals surface area contributed by atoms with E-state index in [-0.39, 0.29) is 59.1 Å². The first kappa shape index (κ1) is 16.7. The van der Waals surface area contributed by atoms with E-state index in [9.17, 15) is 0 Å². The van der Waals surface area contributed by atoms with Crippen molar-refractivity contribution in [2.45, 2.75) is 9.79 Å². The molecule has 0 heterocycles. The number of benzene rings is 1. The fraction of sp³-hybridized carbons (Fsp3) is 0. The van der Waals surface area contributed by atoms with Crippen molar-refractivity contribution < 1.29 is 59.1 Å². The molecular formula is C6H2Cl2Na2S2. The van der Waals surface area contributed by atoms with E-state index in [1.807, 2.05) is 0 Å². The van der Waals surface area contributed by atoms with Crippen molar-refractivity contribution in [3.63, 3.8) is 0 Å². The normalized spacial score (nSPS) is 8.17. The van der Waals surface area contributed by atoms with E-state index in [1.54, 1.807) is 12.1 Å². The van der Waals surface area contributed by atoms with Gasteiger partial charge in [-0.3, -0.25) is 0 Å². The second-order valence-corrected chi connectivity index (χ2v) is 3.32. The van der Waals surface area contributed by atoms with Crippen LogP contribution in [0.15, 0.2) is 21.9 Å². The van der Waals surface area contributed by atoms with Crippen LogP contribution in [-0.4, -0.2) is 0 Å². The Morgan fingerprint density at radius 2 is 1.08 bits per heavy atom. The molecule has 12 heavy (non-hydrogen) atoms. The summed E-state index contributed by atoms with van der Waals surface area (Å²) >= 11 is 21.0. The summed E-state index contributed by atoms with van der Waals surface area (Å²) in [6.07, 6.45) is 0. The van der Waals surface area contributed by atoms with E-state index in [0.717, 1.165) is 0 Å².